The summed E-state index contributed by atoms with van der Waals surface area (Å²) in [4.78, 5) is 42.2. The average molecular weight is 702 g/mol. The van der Waals surface area contributed by atoms with Crippen LogP contribution in [0.15, 0.2) is 9.98 Å². The van der Waals surface area contributed by atoms with Crippen molar-refractivity contribution in [2.75, 3.05) is 39.8 Å². The molecule has 0 aliphatic carbocycles. The Bertz CT molecular complexity index is 1120. The van der Waals surface area contributed by atoms with E-state index in [1.54, 1.807) is 0 Å². The lowest BCUT2D eigenvalue weighted by molar-refractivity contribution is -0.138. The summed E-state index contributed by atoms with van der Waals surface area (Å²) < 4.78 is 14.9. The summed E-state index contributed by atoms with van der Waals surface area (Å²) in [5.41, 5.74) is 13.9. The maximum atomic E-state index is 14.9. The molecule has 9 nitrogen and oxygen atoms in total. The zero-order valence-electron chi connectivity index (χ0n) is 32.3. The molecule has 0 bridgehead atoms. The molecule has 2 amide bonds. The summed E-state index contributed by atoms with van der Waals surface area (Å²) in [6, 6.07) is -0.677. The van der Waals surface area contributed by atoms with E-state index in [0.29, 0.717) is 30.6 Å². The molecule has 5 N–H and O–H groups in total. The standard InChI is InChI=1S/C40H72FN7O2/c1-6-10-28(4)11-9-12-33-36(32(14-21-44-33)29-17-24-48(25-18-29)39(50)30-15-22-47(5)23-16-30)46-38(49)35(37(42)43)34-26-40(8-3,19-7-2)20-13-31(41)27-45-34/h27-32,34-37H,6-26,42-43H2,1-5H3,(H,46,49). The number of aliphatic imine (C=N–C) groups is 2. The van der Waals surface area contributed by atoms with Gasteiger partial charge in [-0.25, -0.2) is 4.39 Å². The van der Waals surface area contributed by atoms with Gasteiger partial charge < -0.3 is 26.6 Å². The largest absolute Gasteiger partial charge is 0.347 e. The molecule has 7 unspecified atom stereocenters. The number of carbonyl (C=O) groups excluding carboxylic acids is 2. The third-order valence-corrected chi connectivity index (χ3v) is 13.0. The topological polar surface area (TPSA) is 129 Å². The molecular weight excluding hydrogens is 629 g/mol. The van der Waals surface area contributed by atoms with E-state index in [1.165, 1.54) is 19.1 Å². The number of hydrogen-bond acceptors (Lipinski definition) is 7. The van der Waals surface area contributed by atoms with Gasteiger partial charge >= 0.3 is 0 Å². The molecule has 4 heterocycles. The van der Waals surface area contributed by atoms with Crippen molar-refractivity contribution in [3.05, 3.63) is 0 Å². The molecule has 0 radical (unpaired) electrons. The Morgan fingerprint density at radius 3 is 2.38 bits per heavy atom. The van der Waals surface area contributed by atoms with Crippen molar-refractivity contribution < 1.29 is 14.0 Å². The van der Waals surface area contributed by atoms with Crippen molar-refractivity contribution in [3.8, 4) is 0 Å². The Morgan fingerprint density at radius 1 is 1.02 bits per heavy atom. The first-order valence-corrected chi connectivity index (χ1v) is 20.5. The first kappa shape index (κ1) is 40.9. The first-order valence-electron chi connectivity index (χ1n) is 20.5. The van der Waals surface area contributed by atoms with Gasteiger partial charge in [0.2, 0.25) is 11.8 Å². The summed E-state index contributed by atoms with van der Waals surface area (Å²) in [6.07, 6.45) is 14.3. The molecule has 0 spiro atoms. The lowest BCUT2D eigenvalue weighted by Crippen LogP contribution is -2.58. The third-order valence-electron chi connectivity index (χ3n) is 13.0. The highest BCUT2D eigenvalue weighted by molar-refractivity contribution is 5.94. The number of nitrogens with zero attached hydrogens (tertiary/aromatic N) is 4. The number of carbonyl (C=O) groups is 2. The van der Waals surface area contributed by atoms with Gasteiger partial charge in [0, 0.05) is 37.5 Å². The van der Waals surface area contributed by atoms with Gasteiger partial charge in [-0.3, -0.25) is 19.6 Å². The van der Waals surface area contributed by atoms with Crippen molar-refractivity contribution in [1.82, 2.24) is 15.1 Å². The molecule has 4 aliphatic heterocycles. The van der Waals surface area contributed by atoms with Crippen molar-refractivity contribution >= 4 is 23.7 Å². The van der Waals surface area contributed by atoms with E-state index in [1.807, 2.05) is 0 Å². The molecule has 0 aromatic heterocycles. The smallest absolute Gasteiger partial charge is 0.228 e. The minimum Gasteiger partial charge on any atom is -0.347 e. The van der Waals surface area contributed by atoms with Gasteiger partial charge in [-0.1, -0.05) is 59.8 Å². The van der Waals surface area contributed by atoms with Crippen LogP contribution >= 0.6 is 0 Å². The average Bonchev–Trinajstić information content (AvgIpc) is 3.09. The molecule has 0 saturated carbocycles. The van der Waals surface area contributed by atoms with Crippen LogP contribution in [0.5, 0.6) is 0 Å². The molecule has 4 aliphatic rings. The highest BCUT2D eigenvalue weighted by Gasteiger charge is 2.43. The van der Waals surface area contributed by atoms with E-state index in [9.17, 15) is 14.0 Å². The second-order valence-corrected chi connectivity index (χ2v) is 16.7. The number of alkyl halides is 1. The molecule has 0 aromatic carbocycles. The van der Waals surface area contributed by atoms with E-state index in [2.05, 4.69) is 49.9 Å². The van der Waals surface area contributed by atoms with Crippen LogP contribution in [0, 0.1) is 35.0 Å². The normalized spacial score (nSPS) is 30.4. The van der Waals surface area contributed by atoms with Crippen LogP contribution in [-0.4, -0.2) is 97.7 Å². The highest BCUT2D eigenvalue weighted by Crippen LogP contribution is 2.42. The molecule has 50 heavy (non-hydrogen) atoms. The number of likely N-dealkylation sites (tertiary alicyclic amines) is 2. The second-order valence-electron chi connectivity index (χ2n) is 16.7. The van der Waals surface area contributed by atoms with Gasteiger partial charge in [0.25, 0.3) is 0 Å². The maximum Gasteiger partial charge on any atom is 0.228 e. The molecule has 2 saturated heterocycles. The Morgan fingerprint density at radius 2 is 1.74 bits per heavy atom. The number of piperidine rings is 2. The van der Waals surface area contributed by atoms with Crippen LogP contribution in [0.1, 0.15) is 130 Å². The van der Waals surface area contributed by atoms with Crippen LogP contribution < -0.4 is 16.8 Å². The van der Waals surface area contributed by atoms with Crippen molar-refractivity contribution in [2.45, 2.75) is 155 Å². The van der Waals surface area contributed by atoms with Gasteiger partial charge in [-0.05, 0) is 114 Å². The summed E-state index contributed by atoms with van der Waals surface area (Å²) in [7, 11) is 2.13. The Labute approximate surface area is 303 Å². The number of rotatable bonds is 15. The first-order chi connectivity index (χ1) is 24.0. The quantitative estimate of drug-likeness (QED) is 0.177. The van der Waals surface area contributed by atoms with Crippen LogP contribution in [-0.2, 0) is 9.59 Å². The predicted octanol–water partition coefficient (Wildman–Crippen LogP) is 6.14. The maximum absolute atomic E-state index is 14.9. The Kier molecular flexibility index (Phi) is 16.2. The van der Waals surface area contributed by atoms with Crippen LogP contribution in [0.25, 0.3) is 0 Å². The van der Waals surface area contributed by atoms with Gasteiger partial charge in [-0.15, -0.1) is 0 Å². The zero-order valence-corrected chi connectivity index (χ0v) is 32.3. The van der Waals surface area contributed by atoms with E-state index in [0.717, 1.165) is 115 Å². The minimum absolute atomic E-state index is 0.0942. The molecule has 0 aromatic rings. The number of nitrogens with two attached hydrogens (primary N) is 2. The fourth-order valence-electron chi connectivity index (χ4n) is 9.78. The summed E-state index contributed by atoms with van der Waals surface area (Å²) in [5, 5.41) is 3.49. The summed E-state index contributed by atoms with van der Waals surface area (Å²) in [5.74, 6) is 0.816. The van der Waals surface area contributed by atoms with Crippen LogP contribution in [0.4, 0.5) is 4.39 Å². The number of halogens is 1. The number of hydrogen-bond donors (Lipinski definition) is 3. The van der Waals surface area contributed by atoms with Crippen molar-refractivity contribution in [3.63, 3.8) is 0 Å². The van der Waals surface area contributed by atoms with Crippen molar-refractivity contribution in [1.29, 1.82) is 0 Å². The summed E-state index contributed by atoms with van der Waals surface area (Å²) in [6.45, 7) is 13.2. The highest BCUT2D eigenvalue weighted by atomic mass is 19.1. The fourth-order valence-corrected chi connectivity index (χ4v) is 9.78. The zero-order chi connectivity index (χ0) is 36.3. The lowest BCUT2D eigenvalue weighted by Gasteiger charge is -2.43. The van der Waals surface area contributed by atoms with Crippen LogP contribution in [0.3, 0.4) is 0 Å². The fraction of sp³-hybridized carbons (Fsp3) is 0.900. The monoisotopic (exact) mass is 702 g/mol. The lowest BCUT2D eigenvalue weighted by atomic mass is 9.69. The molecule has 2 fully saturated rings. The van der Waals surface area contributed by atoms with Crippen LogP contribution in [0.2, 0.25) is 0 Å². The SMILES string of the molecule is CCCC(C)CCCC1=NCCC(C2CCN(C(=O)C3CCN(C)CC3)CC2)C1NC(=O)C(C(N)N)C1CC(CC)(CCC)CCC(F)C=N1. The van der Waals surface area contributed by atoms with E-state index >= 15 is 0 Å². The van der Waals surface area contributed by atoms with E-state index in [-0.39, 0.29) is 29.2 Å². The third kappa shape index (κ3) is 11.0. The molecular formula is C40H72FN7O2. The summed E-state index contributed by atoms with van der Waals surface area (Å²) >= 11 is 0. The van der Waals surface area contributed by atoms with Gasteiger partial charge in [0.1, 0.15) is 6.17 Å². The van der Waals surface area contributed by atoms with E-state index in [4.69, 9.17) is 21.5 Å². The van der Waals surface area contributed by atoms with Gasteiger partial charge in [-0.2, -0.15) is 0 Å². The molecule has 286 valence electrons. The number of amides is 2. The predicted molar refractivity (Wildman–Crippen MR) is 204 cm³/mol. The Hall–Kier alpha value is -1.91. The van der Waals surface area contributed by atoms with Crippen molar-refractivity contribution in [2.24, 2.45) is 56.5 Å². The molecule has 10 heteroatoms. The number of nitrogens with one attached hydrogen (secondary N) is 1. The van der Waals surface area contributed by atoms with Gasteiger partial charge in [0.15, 0.2) is 0 Å². The molecule has 7 atom stereocenters. The molecule has 4 rings (SSSR count). The second kappa shape index (κ2) is 19.8. The Balaban J connectivity index is 1.53. The van der Waals surface area contributed by atoms with E-state index < -0.39 is 24.3 Å². The minimum atomic E-state index is -1.13. The van der Waals surface area contributed by atoms with Gasteiger partial charge in [0.05, 0.1) is 24.2 Å².